The highest BCUT2D eigenvalue weighted by Crippen LogP contribution is 2.29. The van der Waals surface area contributed by atoms with Crippen LogP contribution in [0.15, 0.2) is 34.9 Å². The monoisotopic (exact) mass is 210 g/mol. The van der Waals surface area contributed by atoms with Gasteiger partial charge in [-0.25, -0.2) is 0 Å². The maximum atomic E-state index is 9.79. The van der Waals surface area contributed by atoms with Gasteiger partial charge in [0.15, 0.2) is 0 Å². The van der Waals surface area contributed by atoms with Crippen molar-refractivity contribution < 1.29 is 9.52 Å². The molecule has 74 valence electrons. The van der Waals surface area contributed by atoms with Gasteiger partial charge in [-0.2, -0.15) is 0 Å². The summed E-state index contributed by atoms with van der Waals surface area (Å²) in [7, 11) is 0. The first-order valence-corrected chi connectivity index (χ1v) is 4.92. The van der Waals surface area contributed by atoms with Gasteiger partial charge in [-0.3, -0.25) is 0 Å². The Morgan fingerprint density at radius 2 is 2.07 bits per heavy atom. The average molecular weight is 211 g/mol. The molecule has 2 rings (SSSR count). The Morgan fingerprint density at radius 3 is 2.79 bits per heavy atom. The van der Waals surface area contributed by atoms with Crippen molar-refractivity contribution >= 4 is 22.6 Å². The van der Waals surface area contributed by atoms with Gasteiger partial charge in [-0.05, 0) is 13.0 Å². The summed E-state index contributed by atoms with van der Waals surface area (Å²) < 4.78 is 5.30. The molecule has 14 heavy (non-hydrogen) atoms. The summed E-state index contributed by atoms with van der Waals surface area (Å²) in [6.07, 6.45) is 0.883. The third-order valence-electron chi connectivity index (χ3n) is 2.26. The van der Waals surface area contributed by atoms with Gasteiger partial charge < -0.3 is 9.52 Å². The van der Waals surface area contributed by atoms with Crippen LogP contribution in [-0.4, -0.2) is 10.5 Å². The normalized spacial score (nSPS) is 15.6. The molecule has 0 fully saturated rings. The van der Waals surface area contributed by atoms with E-state index in [4.69, 9.17) is 16.0 Å². The third kappa shape index (κ3) is 1.51. The van der Waals surface area contributed by atoms with E-state index in [1.807, 2.05) is 24.3 Å². The van der Waals surface area contributed by atoms with E-state index in [0.29, 0.717) is 0 Å². The van der Waals surface area contributed by atoms with Crippen LogP contribution in [0.5, 0.6) is 0 Å². The van der Waals surface area contributed by atoms with E-state index in [0.717, 1.165) is 16.5 Å². The summed E-state index contributed by atoms with van der Waals surface area (Å²) in [4.78, 5) is 0. The zero-order valence-corrected chi connectivity index (χ0v) is 8.53. The van der Waals surface area contributed by atoms with E-state index >= 15 is 0 Å². The number of rotatable bonds is 2. The number of hydrogen-bond acceptors (Lipinski definition) is 2. The zero-order valence-electron chi connectivity index (χ0n) is 7.77. The summed E-state index contributed by atoms with van der Waals surface area (Å²) in [5.41, 5.74) is 1.53. The number of alkyl halides is 1. The molecule has 0 amide bonds. The Labute approximate surface area is 87.1 Å². The SMILES string of the molecule is CC(Cl)C(O)c1coc2ccccc12. The number of para-hydroxylation sites is 1. The minimum atomic E-state index is -0.680. The zero-order chi connectivity index (χ0) is 10.1. The average Bonchev–Trinajstić information content (AvgIpc) is 2.60. The molecule has 1 aromatic heterocycles. The second kappa shape index (κ2) is 3.64. The van der Waals surface area contributed by atoms with Gasteiger partial charge in [0.05, 0.1) is 17.7 Å². The molecular formula is C11H11ClO2. The van der Waals surface area contributed by atoms with Crippen molar-refractivity contribution in [3.8, 4) is 0 Å². The maximum absolute atomic E-state index is 9.79. The number of aliphatic hydroxyl groups is 1. The number of fused-ring (bicyclic) bond motifs is 1. The second-order valence-corrected chi connectivity index (χ2v) is 4.00. The van der Waals surface area contributed by atoms with E-state index < -0.39 is 6.10 Å². The van der Waals surface area contributed by atoms with Gasteiger partial charge >= 0.3 is 0 Å². The van der Waals surface area contributed by atoms with Crippen LogP contribution in [0.3, 0.4) is 0 Å². The Bertz CT molecular complexity index is 434. The first-order valence-electron chi connectivity index (χ1n) is 4.48. The van der Waals surface area contributed by atoms with Crippen molar-refractivity contribution in [2.24, 2.45) is 0 Å². The fourth-order valence-corrected chi connectivity index (χ4v) is 1.61. The second-order valence-electron chi connectivity index (χ2n) is 3.31. The lowest BCUT2D eigenvalue weighted by molar-refractivity contribution is 0.177. The van der Waals surface area contributed by atoms with Gasteiger partial charge in [0.1, 0.15) is 5.58 Å². The Balaban J connectivity index is 2.53. The number of aliphatic hydroxyl groups excluding tert-OH is 1. The first-order chi connectivity index (χ1) is 6.70. The van der Waals surface area contributed by atoms with E-state index in [1.54, 1.807) is 13.2 Å². The summed E-state index contributed by atoms with van der Waals surface area (Å²) in [5.74, 6) is 0. The number of hydrogen-bond donors (Lipinski definition) is 1. The molecule has 2 nitrogen and oxygen atoms in total. The smallest absolute Gasteiger partial charge is 0.134 e. The van der Waals surface area contributed by atoms with Crippen molar-refractivity contribution in [1.29, 1.82) is 0 Å². The topological polar surface area (TPSA) is 33.4 Å². The van der Waals surface area contributed by atoms with E-state index in [2.05, 4.69) is 0 Å². The lowest BCUT2D eigenvalue weighted by Gasteiger charge is -2.10. The molecule has 1 heterocycles. The van der Waals surface area contributed by atoms with Crippen LogP contribution in [0, 0.1) is 0 Å². The molecule has 0 spiro atoms. The predicted molar refractivity (Wildman–Crippen MR) is 56.5 cm³/mol. The fraction of sp³-hybridized carbons (Fsp3) is 0.273. The van der Waals surface area contributed by atoms with Gasteiger partial charge in [0.2, 0.25) is 0 Å². The highest BCUT2D eigenvalue weighted by Gasteiger charge is 2.18. The van der Waals surface area contributed by atoms with Crippen LogP contribution in [0.4, 0.5) is 0 Å². The van der Waals surface area contributed by atoms with Crippen molar-refractivity contribution in [3.05, 3.63) is 36.1 Å². The summed E-state index contributed by atoms with van der Waals surface area (Å²) >= 11 is 5.83. The lowest BCUT2D eigenvalue weighted by Crippen LogP contribution is -2.07. The molecule has 0 radical (unpaired) electrons. The van der Waals surface area contributed by atoms with E-state index in [-0.39, 0.29) is 5.38 Å². The van der Waals surface area contributed by atoms with Crippen molar-refractivity contribution in [2.75, 3.05) is 0 Å². The van der Waals surface area contributed by atoms with Crippen molar-refractivity contribution in [2.45, 2.75) is 18.4 Å². The molecule has 2 unspecified atom stereocenters. The predicted octanol–water partition coefficient (Wildman–Crippen LogP) is 3.09. The minimum absolute atomic E-state index is 0.323. The molecule has 0 aliphatic carbocycles. The molecule has 0 aliphatic rings. The maximum Gasteiger partial charge on any atom is 0.134 e. The molecule has 1 aromatic carbocycles. The van der Waals surface area contributed by atoms with Crippen molar-refractivity contribution in [1.82, 2.24) is 0 Å². The molecule has 3 heteroatoms. The molecule has 0 saturated heterocycles. The van der Waals surface area contributed by atoms with E-state index in [1.165, 1.54) is 0 Å². The summed E-state index contributed by atoms with van der Waals surface area (Å²) in [6.45, 7) is 1.76. The molecular weight excluding hydrogens is 200 g/mol. The van der Waals surface area contributed by atoms with Gasteiger partial charge in [-0.15, -0.1) is 11.6 Å². The van der Waals surface area contributed by atoms with Crippen LogP contribution in [-0.2, 0) is 0 Å². The highest BCUT2D eigenvalue weighted by atomic mass is 35.5. The summed E-state index contributed by atoms with van der Waals surface area (Å²) in [5, 5.41) is 10.4. The summed E-state index contributed by atoms with van der Waals surface area (Å²) in [6, 6.07) is 7.58. The Morgan fingerprint density at radius 1 is 1.36 bits per heavy atom. The fourth-order valence-electron chi connectivity index (χ4n) is 1.47. The molecule has 1 N–H and O–H groups in total. The van der Waals surface area contributed by atoms with Crippen molar-refractivity contribution in [3.63, 3.8) is 0 Å². The van der Waals surface area contributed by atoms with Crippen LogP contribution >= 0.6 is 11.6 Å². The quantitative estimate of drug-likeness (QED) is 0.773. The number of halogens is 1. The van der Waals surface area contributed by atoms with Gasteiger partial charge in [0, 0.05) is 10.9 Å². The van der Waals surface area contributed by atoms with Gasteiger partial charge in [-0.1, -0.05) is 18.2 Å². The molecule has 2 aromatic rings. The van der Waals surface area contributed by atoms with Crippen LogP contribution in [0.25, 0.3) is 11.0 Å². The number of benzene rings is 1. The Kier molecular flexibility index (Phi) is 2.48. The van der Waals surface area contributed by atoms with Crippen LogP contribution < -0.4 is 0 Å². The first kappa shape index (κ1) is 9.56. The van der Waals surface area contributed by atoms with Crippen LogP contribution in [0.2, 0.25) is 0 Å². The number of furan rings is 1. The van der Waals surface area contributed by atoms with Crippen LogP contribution in [0.1, 0.15) is 18.6 Å². The van der Waals surface area contributed by atoms with Gasteiger partial charge in [0.25, 0.3) is 0 Å². The molecule has 2 atom stereocenters. The molecule has 0 saturated carbocycles. The Hall–Kier alpha value is -0.990. The standard InChI is InChI=1S/C11H11ClO2/c1-7(12)11(13)9-6-14-10-5-3-2-4-8(9)10/h2-7,11,13H,1H3. The van der Waals surface area contributed by atoms with E-state index in [9.17, 15) is 5.11 Å². The highest BCUT2D eigenvalue weighted by molar-refractivity contribution is 6.20. The molecule has 0 aliphatic heterocycles. The molecule has 0 bridgehead atoms. The third-order valence-corrected chi connectivity index (χ3v) is 2.50. The lowest BCUT2D eigenvalue weighted by atomic mass is 10.1. The minimum Gasteiger partial charge on any atom is -0.464 e. The largest absolute Gasteiger partial charge is 0.464 e.